The minimum Gasteiger partial charge on any atom is -0.317 e. The van der Waals surface area contributed by atoms with Crippen molar-refractivity contribution in [2.45, 2.75) is 45.1 Å². The molecule has 0 aliphatic carbocycles. The van der Waals surface area contributed by atoms with Gasteiger partial charge in [0.05, 0.1) is 0 Å². The third kappa shape index (κ3) is 1.86. The quantitative estimate of drug-likeness (QED) is 0.776. The van der Waals surface area contributed by atoms with Gasteiger partial charge in [-0.2, -0.15) is 5.10 Å². The first-order valence-corrected chi connectivity index (χ1v) is 6.47. The molecule has 0 radical (unpaired) electrons. The lowest BCUT2D eigenvalue weighted by atomic mass is 9.97. The standard InChI is InChI=1S/C12H20N4/c1-9-4-7-16-11(8-9)14-12(15-16)10-2-5-13-6-3-10/h9-10,13H,2-8H2,1H3. The average Bonchev–Trinajstić information content (AvgIpc) is 2.73. The fraction of sp³-hybridized carbons (Fsp3) is 0.833. The Hall–Kier alpha value is -0.900. The van der Waals surface area contributed by atoms with Crippen molar-refractivity contribution >= 4 is 0 Å². The Balaban J connectivity index is 1.80. The van der Waals surface area contributed by atoms with Crippen molar-refractivity contribution in [2.75, 3.05) is 13.1 Å². The highest BCUT2D eigenvalue weighted by Gasteiger charge is 2.24. The Morgan fingerprint density at radius 1 is 1.25 bits per heavy atom. The molecule has 88 valence electrons. The maximum Gasteiger partial charge on any atom is 0.154 e. The lowest BCUT2D eigenvalue weighted by Gasteiger charge is -2.19. The molecule has 1 unspecified atom stereocenters. The Bertz CT molecular complexity index is 365. The average molecular weight is 220 g/mol. The van der Waals surface area contributed by atoms with Gasteiger partial charge < -0.3 is 5.32 Å². The van der Waals surface area contributed by atoms with Crippen LogP contribution in [0, 0.1) is 5.92 Å². The minimum atomic E-state index is 0.592. The molecule has 2 aliphatic rings. The molecule has 1 saturated heterocycles. The molecule has 0 saturated carbocycles. The van der Waals surface area contributed by atoms with Crippen molar-refractivity contribution < 1.29 is 0 Å². The number of fused-ring (bicyclic) bond motifs is 1. The summed E-state index contributed by atoms with van der Waals surface area (Å²) in [5, 5.41) is 8.08. The largest absolute Gasteiger partial charge is 0.317 e. The summed E-state index contributed by atoms with van der Waals surface area (Å²) in [6.45, 7) is 5.60. The van der Waals surface area contributed by atoms with Gasteiger partial charge in [-0.25, -0.2) is 9.67 Å². The van der Waals surface area contributed by atoms with Crippen LogP contribution < -0.4 is 5.32 Å². The van der Waals surface area contributed by atoms with E-state index >= 15 is 0 Å². The van der Waals surface area contributed by atoms with Gasteiger partial charge in [0.25, 0.3) is 0 Å². The number of hydrogen-bond acceptors (Lipinski definition) is 3. The van der Waals surface area contributed by atoms with Crippen molar-refractivity contribution in [3.8, 4) is 0 Å². The fourth-order valence-corrected chi connectivity index (χ4v) is 2.73. The van der Waals surface area contributed by atoms with Crippen LogP contribution >= 0.6 is 0 Å². The molecule has 2 aliphatic heterocycles. The van der Waals surface area contributed by atoms with Gasteiger partial charge in [0.15, 0.2) is 5.82 Å². The molecule has 0 bridgehead atoms. The van der Waals surface area contributed by atoms with Gasteiger partial charge in [0.2, 0.25) is 0 Å². The molecule has 0 amide bonds. The highest BCUT2D eigenvalue weighted by Crippen LogP contribution is 2.25. The lowest BCUT2D eigenvalue weighted by Crippen LogP contribution is -2.27. The summed E-state index contributed by atoms with van der Waals surface area (Å²) in [7, 11) is 0. The van der Waals surface area contributed by atoms with E-state index in [0.717, 1.165) is 37.8 Å². The predicted molar refractivity (Wildman–Crippen MR) is 62.4 cm³/mol. The van der Waals surface area contributed by atoms with E-state index in [4.69, 9.17) is 4.98 Å². The van der Waals surface area contributed by atoms with Gasteiger partial charge in [-0.1, -0.05) is 6.92 Å². The summed E-state index contributed by atoms with van der Waals surface area (Å²) in [6, 6.07) is 0. The zero-order chi connectivity index (χ0) is 11.0. The number of nitrogens with one attached hydrogen (secondary N) is 1. The van der Waals surface area contributed by atoms with E-state index < -0.39 is 0 Å². The van der Waals surface area contributed by atoms with Crippen LogP contribution in [0.4, 0.5) is 0 Å². The first-order valence-electron chi connectivity index (χ1n) is 6.47. The third-order valence-corrected chi connectivity index (χ3v) is 3.83. The summed E-state index contributed by atoms with van der Waals surface area (Å²) in [4.78, 5) is 4.75. The van der Waals surface area contributed by atoms with Gasteiger partial charge in [-0.05, 0) is 38.3 Å². The Labute approximate surface area is 96.4 Å². The van der Waals surface area contributed by atoms with Crippen molar-refractivity contribution in [1.29, 1.82) is 0 Å². The smallest absolute Gasteiger partial charge is 0.154 e. The second kappa shape index (κ2) is 4.17. The first-order chi connectivity index (χ1) is 7.83. The van der Waals surface area contributed by atoms with E-state index in [-0.39, 0.29) is 0 Å². The second-order valence-electron chi connectivity index (χ2n) is 5.23. The SMILES string of the molecule is CC1CCn2nc(C3CCNCC3)nc2C1. The number of aromatic nitrogens is 3. The van der Waals surface area contributed by atoms with E-state index in [9.17, 15) is 0 Å². The maximum atomic E-state index is 4.75. The highest BCUT2D eigenvalue weighted by molar-refractivity contribution is 5.03. The molecular weight excluding hydrogens is 200 g/mol. The highest BCUT2D eigenvalue weighted by atomic mass is 15.4. The van der Waals surface area contributed by atoms with Crippen LogP contribution in [0.15, 0.2) is 0 Å². The third-order valence-electron chi connectivity index (χ3n) is 3.83. The van der Waals surface area contributed by atoms with E-state index in [1.807, 2.05) is 0 Å². The Morgan fingerprint density at radius 2 is 2.06 bits per heavy atom. The Morgan fingerprint density at radius 3 is 2.88 bits per heavy atom. The minimum absolute atomic E-state index is 0.592. The van der Waals surface area contributed by atoms with Gasteiger partial charge in [0.1, 0.15) is 5.82 Å². The second-order valence-corrected chi connectivity index (χ2v) is 5.23. The molecule has 4 nitrogen and oxygen atoms in total. The van der Waals surface area contributed by atoms with Crippen molar-refractivity contribution in [3.63, 3.8) is 0 Å². The first kappa shape index (κ1) is 10.3. The monoisotopic (exact) mass is 220 g/mol. The van der Waals surface area contributed by atoms with Gasteiger partial charge in [-0.15, -0.1) is 0 Å². The molecular formula is C12H20N4. The summed E-state index contributed by atoms with van der Waals surface area (Å²) in [6.07, 6.45) is 4.75. The molecule has 1 aromatic heterocycles. The summed E-state index contributed by atoms with van der Waals surface area (Å²) < 4.78 is 2.14. The van der Waals surface area contributed by atoms with Gasteiger partial charge >= 0.3 is 0 Å². The van der Waals surface area contributed by atoms with Crippen LogP contribution in [-0.4, -0.2) is 27.9 Å². The molecule has 3 heterocycles. The lowest BCUT2D eigenvalue weighted by molar-refractivity contribution is 0.383. The zero-order valence-corrected chi connectivity index (χ0v) is 9.95. The van der Waals surface area contributed by atoms with Gasteiger partial charge in [-0.3, -0.25) is 0 Å². The molecule has 4 heteroatoms. The molecule has 1 aromatic rings. The zero-order valence-electron chi connectivity index (χ0n) is 9.95. The fourth-order valence-electron chi connectivity index (χ4n) is 2.73. The number of piperidine rings is 1. The van der Waals surface area contributed by atoms with Crippen molar-refractivity contribution in [2.24, 2.45) is 5.92 Å². The van der Waals surface area contributed by atoms with E-state index in [1.165, 1.54) is 25.1 Å². The number of rotatable bonds is 1. The summed E-state index contributed by atoms with van der Waals surface area (Å²) in [5.74, 6) is 3.69. The molecule has 16 heavy (non-hydrogen) atoms. The van der Waals surface area contributed by atoms with E-state index in [1.54, 1.807) is 0 Å². The summed E-state index contributed by atoms with van der Waals surface area (Å²) in [5.41, 5.74) is 0. The van der Waals surface area contributed by atoms with Crippen LogP contribution in [0.1, 0.15) is 43.8 Å². The number of nitrogens with zero attached hydrogens (tertiary/aromatic N) is 3. The molecule has 0 spiro atoms. The van der Waals surface area contributed by atoms with Crippen molar-refractivity contribution in [3.05, 3.63) is 11.6 Å². The molecule has 1 fully saturated rings. The van der Waals surface area contributed by atoms with Crippen LogP contribution in [0.25, 0.3) is 0 Å². The van der Waals surface area contributed by atoms with Crippen LogP contribution in [0.3, 0.4) is 0 Å². The maximum absolute atomic E-state index is 4.75. The molecule has 1 atom stereocenters. The number of hydrogen-bond donors (Lipinski definition) is 1. The van der Waals surface area contributed by atoms with E-state index in [0.29, 0.717) is 5.92 Å². The van der Waals surface area contributed by atoms with Gasteiger partial charge in [0, 0.05) is 18.9 Å². The van der Waals surface area contributed by atoms with Crippen molar-refractivity contribution in [1.82, 2.24) is 20.1 Å². The molecule has 1 N–H and O–H groups in total. The Kier molecular flexibility index (Phi) is 2.67. The summed E-state index contributed by atoms with van der Waals surface area (Å²) >= 11 is 0. The molecule has 3 rings (SSSR count). The van der Waals surface area contributed by atoms with Crippen LogP contribution in [-0.2, 0) is 13.0 Å². The topological polar surface area (TPSA) is 42.7 Å². The van der Waals surface area contributed by atoms with E-state index in [2.05, 4.69) is 22.0 Å². The van der Waals surface area contributed by atoms with Crippen LogP contribution in [0.5, 0.6) is 0 Å². The normalized spacial score (nSPS) is 26.7. The predicted octanol–water partition coefficient (Wildman–Crippen LogP) is 1.33. The number of aryl methyl sites for hydroxylation is 1. The molecule has 0 aromatic carbocycles. The van der Waals surface area contributed by atoms with Crippen LogP contribution in [0.2, 0.25) is 0 Å².